The lowest BCUT2D eigenvalue weighted by atomic mass is 10.2. The van der Waals surface area contributed by atoms with Crippen molar-refractivity contribution in [3.63, 3.8) is 0 Å². The van der Waals surface area contributed by atoms with Crippen LogP contribution >= 0.6 is 0 Å². The highest BCUT2D eigenvalue weighted by atomic mass is 16.6. The van der Waals surface area contributed by atoms with Crippen molar-refractivity contribution in [1.82, 2.24) is 14.7 Å². The van der Waals surface area contributed by atoms with E-state index in [1.807, 2.05) is 67.8 Å². The largest absolute Gasteiger partial charge is 0.444 e. The zero-order valence-corrected chi connectivity index (χ0v) is 15.7. The molecule has 3 amide bonds. The van der Waals surface area contributed by atoms with Crippen LogP contribution in [0.5, 0.6) is 0 Å². The van der Waals surface area contributed by atoms with Crippen molar-refractivity contribution in [2.75, 3.05) is 32.7 Å². The second-order valence-corrected chi connectivity index (χ2v) is 7.24. The Hall–Kier alpha value is -2.24. The summed E-state index contributed by atoms with van der Waals surface area (Å²) >= 11 is 0. The predicted octanol–water partition coefficient (Wildman–Crippen LogP) is 3.18. The van der Waals surface area contributed by atoms with Gasteiger partial charge in [0.15, 0.2) is 0 Å². The molecule has 1 heterocycles. The van der Waals surface area contributed by atoms with E-state index in [4.69, 9.17) is 4.74 Å². The van der Waals surface area contributed by atoms with Gasteiger partial charge < -0.3 is 19.4 Å². The van der Waals surface area contributed by atoms with Crippen molar-refractivity contribution < 1.29 is 14.3 Å². The molecule has 0 atom stereocenters. The Morgan fingerprint density at radius 3 is 2.12 bits per heavy atom. The molecule has 1 aliphatic rings. The van der Waals surface area contributed by atoms with E-state index in [0.717, 1.165) is 5.56 Å². The maximum atomic E-state index is 12.8. The molecular formula is C19H29N3O3. The Morgan fingerprint density at radius 1 is 1.04 bits per heavy atom. The van der Waals surface area contributed by atoms with Crippen LogP contribution in [-0.2, 0) is 11.3 Å². The zero-order chi connectivity index (χ0) is 18.4. The van der Waals surface area contributed by atoms with Crippen molar-refractivity contribution >= 4 is 12.1 Å². The molecule has 2 rings (SSSR count). The maximum absolute atomic E-state index is 12.8. The topological polar surface area (TPSA) is 53.1 Å². The molecule has 0 bridgehead atoms. The number of hydrogen-bond donors (Lipinski definition) is 0. The third kappa shape index (κ3) is 5.66. The lowest BCUT2D eigenvalue weighted by Gasteiger charge is -2.37. The van der Waals surface area contributed by atoms with Crippen molar-refractivity contribution in [2.45, 2.75) is 39.8 Å². The first-order chi connectivity index (χ1) is 11.8. The van der Waals surface area contributed by atoms with Crippen molar-refractivity contribution in [2.24, 2.45) is 0 Å². The first kappa shape index (κ1) is 19.1. The molecule has 0 saturated carbocycles. The van der Waals surface area contributed by atoms with Crippen LogP contribution in [0.15, 0.2) is 30.3 Å². The van der Waals surface area contributed by atoms with Crippen LogP contribution in [0.2, 0.25) is 0 Å². The zero-order valence-electron chi connectivity index (χ0n) is 15.7. The molecule has 0 unspecified atom stereocenters. The molecule has 0 N–H and O–H groups in total. The van der Waals surface area contributed by atoms with E-state index >= 15 is 0 Å². The Labute approximate surface area is 150 Å². The molecule has 0 aliphatic carbocycles. The van der Waals surface area contributed by atoms with E-state index in [1.54, 1.807) is 4.90 Å². The number of urea groups is 1. The number of hydrogen-bond acceptors (Lipinski definition) is 3. The van der Waals surface area contributed by atoms with Gasteiger partial charge in [0, 0.05) is 39.3 Å². The van der Waals surface area contributed by atoms with E-state index in [9.17, 15) is 9.59 Å². The summed E-state index contributed by atoms with van der Waals surface area (Å²) in [6.45, 7) is 10.9. The van der Waals surface area contributed by atoms with E-state index in [0.29, 0.717) is 39.3 Å². The van der Waals surface area contributed by atoms with E-state index in [-0.39, 0.29) is 12.1 Å². The number of rotatable bonds is 3. The number of nitrogens with zero attached hydrogens (tertiary/aromatic N) is 3. The molecule has 0 spiro atoms. The molecule has 6 nitrogen and oxygen atoms in total. The molecule has 1 aliphatic heterocycles. The smallest absolute Gasteiger partial charge is 0.410 e. The fraction of sp³-hybridized carbons (Fsp3) is 0.579. The molecular weight excluding hydrogens is 318 g/mol. The Morgan fingerprint density at radius 2 is 1.60 bits per heavy atom. The number of carbonyl (C=O) groups is 2. The molecule has 0 radical (unpaired) electrons. The summed E-state index contributed by atoms with van der Waals surface area (Å²) in [7, 11) is 0. The van der Waals surface area contributed by atoms with Gasteiger partial charge in [0.2, 0.25) is 0 Å². The highest BCUT2D eigenvalue weighted by molar-refractivity contribution is 5.75. The first-order valence-electron chi connectivity index (χ1n) is 8.86. The standard InChI is InChI=1S/C19H29N3O3/c1-5-20(15-16-9-7-6-8-10-16)17(23)21-11-13-22(14-12-21)18(24)25-19(2,3)4/h6-10H,5,11-15H2,1-4H3. The average molecular weight is 347 g/mol. The van der Waals surface area contributed by atoms with Crippen LogP contribution in [0.1, 0.15) is 33.3 Å². The van der Waals surface area contributed by atoms with Gasteiger partial charge >= 0.3 is 12.1 Å². The first-order valence-corrected chi connectivity index (χ1v) is 8.86. The van der Waals surface area contributed by atoms with Crippen LogP contribution in [0, 0.1) is 0 Å². The van der Waals surface area contributed by atoms with Gasteiger partial charge in [0.05, 0.1) is 0 Å². The summed E-state index contributed by atoms with van der Waals surface area (Å²) in [5.74, 6) is 0. The summed E-state index contributed by atoms with van der Waals surface area (Å²) in [5.41, 5.74) is 0.615. The van der Waals surface area contributed by atoms with Crippen LogP contribution < -0.4 is 0 Å². The monoisotopic (exact) mass is 347 g/mol. The summed E-state index contributed by atoms with van der Waals surface area (Å²) in [6, 6.07) is 10.0. The fourth-order valence-corrected chi connectivity index (χ4v) is 2.73. The number of piperazine rings is 1. The molecule has 1 aromatic rings. The van der Waals surface area contributed by atoms with Crippen LogP contribution in [-0.4, -0.2) is 65.1 Å². The minimum absolute atomic E-state index is 0.0233. The molecule has 1 saturated heterocycles. The van der Waals surface area contributed by atoms with Gasteiger partial charge in [-0.05, 0) is 33.3 Å². The van der Waals surface area contributed by atoms with Crippen molar-refractivity contribution in [3.05, 3.63) is 35.9 Å². The maximum Gasteiger partial charge on any atom is 0.410 e. The quantitative estimate of drug-likeness (QED) is 0.844. The van der Waals surface area contributed by atoms with Gasteiger partial charge in [-0.15, -0.1) is 0 Å². The van der Waals surface area contributed by atoms with Gasteiger partial charge in [-0.3, -0.25) is 0 Å². The average Bonchev–Trinajstić information content (AvgIpc) is 2.58. The van der Waals surface area contributed by atoms with Crippen LogP contribution in [0.4, 0.5) is 9.59 Å². The number of ether oxygens (including phenoxy) is 1. The summed E-state index contributed by atoms with van der Waals surface area (Å²) in [4.78, 5) is 30.2. The minimum atomic E-state index is -0.501. The fourth-order valence-electron chi connectivity index (χ4n) is 2.73. The molecule has 1 fully saturated rings. The molecule has 25 heavy (non-hydrogen) atoms. The van der Waals surface area contributed by atoms with Gasteiger partial charge in [0.25, 0.3) is 0 Å². The van der Waals surface area contributed by atoms with E-state index in [2.05, 4.69) is 0 Å². The van der Waals surface area contributed by atoms with Gasteiger partial charge in [0.1, 0.15) is 5.60 Å². The number of benzene rings is 1. The molecule has 1 aromatic carbocycles. The Balaban J connectivity index is 1.88. The third-order valence-electron chi connectivity index (χ3n) is 4.07. The summed E-state index contributed by atoms with van der Waals surface area (Å²) < 4.78 is 5.39. The van der Waals surface area contributed by atoms with E-state index < -0.39 is 5.60 Å². The van der Waals surface area contributed by atoms with Gasteiger partial charge in [-0.25, -0.2) is 9.59 Å². The minimum Gasteiger partial charge on any atom is -0.444 e. The SMILES string of the molecule is CCN(Cc1ccccc1)C(=O)N1CCN(C(=O)OC(C)(C)C)CC1. The van der Waals surface area contributed by atoms with Crippen LogP contribution in [0.3, 0.4) is 0 Å². The normalized spacial score (nSPS) is 15.0. The summed E-state index contributed by atoms with van der Waals surface area (Å²) in [6.07, 6.45) is -0.309. The molecule has 138 valence electrons. The summed E-state index contributed by atoms with van der Waals surface area (Å²) in [5, 5.41) is 0. The lowest BCUT2D eigenvalue weighted by Crippen LogP contribution is -2.54. The predicted molar refractivity (Wildman–Crippen MR) is 97.3 cm³/mol. The van der Waals surface area contributed by atoms with Gasteiger partial charge in [-0.1, -0.05) is 30.3 Å². The molecule has 6 heteroatoms. The Kier molecular flexibility index (Phi) is 6.28. The van der Waals surface area contributed by atoms with Crippen LogP contribution in [0.25, 0.3) is 0 Å². The number of amides is 3. The molecule has 0 aromatic heterocycles. The lowest BCUT2D eigenvalue weighted by molar-refractivity contribution is 0.0157. The van der Waals surface area contributed by atoms with Gasteiger partial charge in [-0.2, -0.15) is 0 Å². The highest BCUT2D eigenvalue weighted by Gasteiger charge is 2.29. The Bertz CT molecular complexity index is 575. The van der Waals surface area contributed by atoms with Crippen molar-refractivity contribution in [3.8, 4) is 0 Å². The van der Waals surface area contributed by atoms with E-state index in [1.165, 1.54) is 0 Å². The highest BCUT2D eigenvalue weighted by Crippen LogP contribution is 2.14. The second-order valence-electron chi connectivity index (χ2n) is 7.24. The second kappa shape index (κ2) is 8.23. The third-order valence-corrected chi connectivity index (χ3v) is 4.07. The van der Waals surface area contributed by atoms with Crippen molar-refractivity contribution in [1.29, 1.82) is 0 Å². The number of carbonyl (C=O) groups excluding carboxylic acids is 2.